The van der Waals surface area contributed by atoms with Crippen LogP contribution in [-0.2, 0) is 19.4 Å². The summed E-state index contributed by atoms with van der Waals surface area (Å²) in [5.74, 6) is 0.0464. The lowest BCUT2D eigenvalue weighted by molar-refractivity contribution is 0.0957. The molecule has 1 aliphatic heterocycles. The van der Waals surface area contributed by atoms with Crippen LogP contribution in [0.15, 0.2) is 54.7 Å². The minimum Gasteiger partial charge on any atom is -0.352 e. The Morgan fingerprint density at radius 2 is 1.91 bits per heavy atom. The lowest BCUT2D eigenvalue weighted by Gasteiger charge is -2.07. The van der Waals surface area contributed by atoms with Gasteiger partial charge in [0.25, 0.3) is 5.91 Å². The molecule has 0 spiro atoms. The van der Waals surface area contributed by atoms with Crippen LogP contribution in [-0.4, -0.2) is 17.0 Å². The molecule has 2 aromatic carbocycles. The fraction of sp³-hybridized carbons (Fsp3) is 0.211. The van der Waals surface area contributed by atoms with Gasteiger partial charge in [0.15, 0.2) is 0 Å². The predicted octanol–water partition coefficient (Wildman–Crippen LogP) is 3.17. The second kappa shape index (κ2) is 5.34. The molecular weight excluding hydrogens is 272 g/mol. The zero-order chi connectivity index (χ0) is 14.9. The minimum atomic E-state index is 0.0464. The van der Waals surface area contributed by atoms with E-state index < -0.39 is 0 Å². The number of rotatable bonds is 3. The van der Waals surface area contributed by atoms with E-state index in [4.69, 9.17) is 0 Å². The van der Waals surface area contributed by atoms with Crippen molar-refractivity contribution in [2.24, 2.45) is 0 Å². The fourth-order valence-corrected chi connectivity index (χ4v) is 3.30. The first-order chi connectivity index (χ1) is 10.8. The quantitative estimate of drug-likeness (QED) is 0.790. The summed E-state index contributed by atoms with van der Waals surface area (Å²) in [6.45, 7) is 1.65. The lowest BCUT2D eigenvalue weighted by Crippen LogP contribution is -2.23. The molecule has 2 heterocycles. The maximum atomic E-state index is 12.2. The van der Waals surface area contributed by atoms with Gasteiger partial charge in [0, 0.05) is 35.8 Å². The number of benzene rings is 2. The van der Waals surface area contributed by atoms with Crippen LogP contribution in [0, 0.1) is 0 Å². The highest BCUT2D eigenvalue weighted by Crippen LogP contribution is 2.27. The van der Waals surface area contributed by atoms with Crippen molar-refractivity contribution in [3.8, 4) is 0 Å². The molecule has 1 N–H and O–H groups in total. The second-order valence-corrected chi connectivity index (χ2v) is 5.79. The first kappa shape index (κ1) is 13.1. The van der Waals surface area contributed by atoms with E-state index in [-0.39, 0.29) is 5.91 Å². The molecule has 3 aromatic rings. The first-order valence-corrected chi connectivity index (χ1v) is 7.76. The first-order valence-electron chi connectivity index (χ1n) is 7.76. The smallest absolute Gasteiger partial charge is 0.251 e. The zero-order valence-corrected chi connectivity index (χ0v) is 12.4. The van der Waals surface area contributed by atoms with Gasteiger partial charge in [-0.1, -0.05) is 36.4 Å². The van der Waals surface area contributed by atoms with Crippen molar-refractivity contribution in [3.05, 3.63) is 71.4 Å². The highest BCUT2D eigenvalue weighted by atomic mass is 16.1. The van der Waals surface area contributed by atoms with Gasteiger partial charge in [0.2, 0.25) is 0 Å². The molecule has 22 heavy (non-hydrogen) atoms. The number of carbonyl (C=O) groups excluding carboxylic acids is 1. The largest absolute Gasteiger partial charge is 0.352 e. The van der Waals surface area contributed by atoms with Crippen LogP contribution in [0.4, 0.5) is 0 Å². The van der Waals surface area contributed by atoms with Crippen molar-refractivity contribution in [2.45, 2.75) is 19.4 Å². The van der Waals surface area contributed by atoms with E-state index in [9.17, 15) is 4.79 Å². The number of carbonyl (C=O) groups is 1. The summed E-state index contributed by atoms with van der Waals surface area (Å²) < 4.78 is 2.29. The SMILES string of the molecule is O=C1NCCc2cn(CCc3ccccc3)c3cccc1c23. The second-order valence-electron chi connectivity index (χ2n) is 5.79. The molecule has 3 nitrogen and oxygen atoms in total. The number of hydrogen-bond acceptors (Lipinski definition) is 1. The van der Waals surface area contributed by atoms with Gasteiger partial charge in [-0.25, -0.2) is 0 Å². The summed E-state index contributed by atoms with van der Waals surface area (Å²) in [6, 6.07) is 16.5. The van der Waals surface area contributed by atoms with Crippen LogP contribution in [0.2, 0.25) is 0 Å². The average molecular weight is 290 g/mol. The Morgan fingerprint density at radius 1 is 1.05 bits per heavy atom. The number of hydrogen-bond donors (Lipinski definition) is 1. The van der Waals surface area contributed by atoms with E-state index in [0.29, 0.717) is 6.54 Å². The molecule has 0 atom stereocenters. The van der Waals surface area contributed by atoms with Gasteiger partial charge in [-0.2, -0.15) is 0 Å². The van der Waals surface area contributed by atoms with Crippen molar-refractivity contribution < 1.29 is 4.79 Å². The summed E-state index contributed by atoms with van der Waals surface area (Å²) in [4.78, 5) is 12.2. The molecule has 110 valence electrons. The van der Waals surface area contributed by atoms with Crippen molar-refractivity contribution in [1.82, 2.24) is 9.88 Å². The fourth-order valence-electron chi connectivity index (χ4n) is 3.30. The average Bonchev–Trinajstić information content (AvgIpc) is 2.83. The number of nitrogens with one attached hydrogen (secondary N) is 1. The lowest BCUT2D eigenvalue weighted by atomic mass is 10.1. The Balaban J connectivity index is 1.74. The number of nitrogens with zero attached hydrogens (tertiary/aromatic N) is 1. The normalized spacial score (nSPS) is 13.9. The molecule has 0 aliphatic carbocycles. The predicted molar refractivity (Wildman–Crippen MR) is 88.1 cm³/mol. The molecule has 3 heteroatoms. The highest BCUT2D eigenvalue weighted by Gasteiger charge is 2.19. The summed E-state index contributed by atoms with van der Waals surface area (Å²) in [6.07, 6.45) is 4.12. The third-order valence-electron chi connectivity index (χ3n) is 4.39. The number of amides is 1. The van der Waals surface area contributed by atoms with Crippen LogP contribution in [0.25, 0.3) is 10.9 Å². The Labute approximate surface area is 129 Å². The van der Waals surface area contributed by atoms with E-state index >= 15 is 0 Å². The summed E-state index contributed by atoms with van der Waals surface area (Å²) >= 11 is 0. The Kier molecular flexibility index (Phi) is 3.19. The minimum absolute atomic E-state index is 0.0464. The topological polar surface area (TPSA) is 34.0 Å². The maximum absolute atomic E-state index is 12.2. The highest BCUT2D eigenvalue weighted by molar-refractivity contribution is 6.08. The molecule has 0 unspecified atom stereocenters. The number of aryl methyl sites for hydroxylation is 2. The van der Waals surface area contributed by atoms with Gasteiger partial charge in [-0.05, 0) is 36.1 Å². The molecule has 4 rings (SSSR count). The Hall–Kier alpha value is -2.55. The van der Waals surface area contributed by atoms with E-state index in [1.807, 2.05) is 18.2 Å². The van der Waals surface area contributed by atoms with Crippen molar-refractivity contribution in [2.75, 3.05) is 6.54 Å². The molecule has 1 amide bonds. The molecule has 0 bridgehead atoms. The number of aromatic nitrogens is 1. The van der Waals surface area contributed by atoms with Crippen molar-refractivity contribution >= 4 is 16.8 Å². The van der Waals surface area contributed by atoms with Crippen LogP contribution < -0.4 is 5.32 Å². The summed E-state index contributed by atoms with van der Waals surface area (Å²) in [5, 5.41) is 4.10. The molecule has 0 fully saturated rings. The third kappa shape index (κ3) is 2.19. The van der Waals surface area contributed by atoms with Gasteiger partial charge in [-0.15, -0.1) is 0 Å². The van der Waals surface area contributed by atoms with Gasteiger partial charge in [0.1, 0.15) is 0 Å². The van der Waals surface area contributed by atoms with Gasteiger partial charge in [0.05, 0.1) is 0 Å². The Morgan fingerprint density at radius 3 is 2.77 bits per heavy atom. The summed E-state index contributed by atoms with van der Waals surface area (Å²) in [5.41, 5.74) is 4.59. The van der Waals surface area contributed by atoms with Crippen molar-refractivity contribution in [1.29, 1.82) is 0 Å². The van der Waals surface area contributed by atoms with E-state index in [1.165, 1.54) is 16.6 Å². The standard InChI is InChI=1S/C19H18N2O/c22-19-16-7-4-8-17-18(16)15(9-11-20-19)13-21(17)12-10-14-5-2-1-3-6-14/h1-8,13H,9-12H2,(H,20,22). The van der Waals surface area contributed by atoms with E-state index in [2.05, 4.69) is 46.4 Å². The zero-order valence-electron chi connectivity index (χ0n) is 12.4. The van der Waals surface area contributed by atoms with Gasteiger partial charge in [-0.3, -0.25) is 4.79 Å². The molecule has 1 aliphatic rings. The van der Waals surface area contributed by atoms with E-state index in [0.717, 1.165) is 30.3 Å². The molecule has 0 saturated carbocycles. The van der Waals surface area contributed by atoms with Crippen LogP contribution >= 0.6 is 0 Å². The maximum Gasteiger partial charge on any atom is 0.251 e. The molecule has 1 aromatic heterocycles. The Bertz CT molecular complexity index is 833. The van der Waals surface area contributed by atoms with Crippen LogP contribution in [0.3, 0.4) is 0 Å². The third-order valence-corrected chi connectivity index (χ3v) is 4.39. The summed E-state index contributed by atoms with van der Waals surface area (Å²) in [7, 11) is 0. The monoisotopic (exact) mass is 290 g/mol. The van der Waals surface area contributed by atoms with Crippen LogP contribution in [0.5, 0.6) is 0 Å². The molecule has 0 saturated heterocycles. The van der Waals surface area contributed by atoms with Crippen molar-refractivity contribution in [3.63, 3.8) is 0 Å². The molecular formula is C19H18N2O. The van der Waals surface area contributed by atoms with Gasteiger partial charge >= 0.3 is 0 Å². The molecule has 0 radical (unpaired) electrons. The van der Waals surface area contributed by atoms with E-state index in [1.54, 1.807) is 0 Å². The van der Waals surface area contributed by atoms with Crippen LogP contribution in [0.1, 0.15) is 21.5 Å². The van der Waals surface area contributed by atoms with Gasteiger partial charge < -0.3 is 9.88 Å².